The molecule has 0 atom stereocenters. The van der Waals surface area contributed by atoms with E-state index in [0.29, 0.717) is 4.90 Å². The molecule has 3 rings (SSSR count). The van der Waals surface area contributed by atoms with E-state index in [1.165, 1.54) is 18.2 Å². The van der Waals surface area contributed by atoms with Crippen molar-refractivity contribution in [1.29, 1.82) is 0 Å². The number of carbonyl (C=O) groups excluding carboxylic acids is 1. The van der Waals surface area contributed by atoms with Gasteiger partial charge in [-0.1, -0.05) is 0 Å². The first-order valence-electron chi connectivity index (χ1n) is 11.1. The molecule has 2 heterocycles. The number of carbonyl (C=O) groups is 3. The normalized spacial score (nSPS) is 17.9. The maximum absolute atomic E-state index is 13.4. The molecule has 15 heteroatoms. The number of alkyl halides is 6. The highest BCUT2D eigenvalue weighted by atomic mass is 19.4. The van der Waals surface area contributed by atoms with Crippen molar-refractivity contribution < 1.29 is 60.4 Å². The van der Waals surface area contributed by atoms with Gasteiger partial charge in [0.2, 0.25) is 0 Å². The minimum atomic E-state index is -5.14. The van der Waals surface area contributed by atoms with E-state index in [1.54, 1.807) is 0 Å². The van der Waals surface area contributed by atoms with Crippen LogP contribution in [0.1, 0.15) is 36.0 Å². The summed E-state index contributed by atoms with van der Waals surface area (Å²) in [7, 11) is 1.99. The van der Waals surface area contributed by atoms with E-state index in [9.17, 15) is 41.0 Å². The third-order valence-corrected chi connectivity index (χ3v) is 5.69. The zero-order valence-corrected chi connectivity index (χ0v) is 19.6. The molecule has 2 fully saturated rings. The Morgan fingerprint density at radius 3 is 1.97 bits per heavy atom. The number of rotatable bonds is 5. The number of amides is 1. The Balaban J connectivity index is 0.000000604. The maximum atomic E-state index is 13.4. The molecule has 0 saturated carbocycles. The first kappa shape index (κ1) is 30.2. The molecular weight excluding hydrogens is 518 g/mol. The van der Waals surface area contributed by atoms with Gasteiger partial charge >= 0.3 is 30.2 Å². The fourth-order valence-corrected chi connectivity index (χ4v) is 3.81. The quantitative estimate of drug-likeness (QED) is 0.541. The molecule has 2 aliphatic heterocycles. The molecule has 1 aromatic carbocycles. The van der Waals surface area contributed by atoms with Crippen molar-refractivity contribution in [2.24, 2.45) is 0 Å². The van der Waals surface area contributed by atoms with Crippen LogP contribution < -0.4 is 9.64 Å². The Bertz CT molecular complexity index is 956. The molecule has 1 aromatic rings. The van der Waals surface area contributed by atoms with Crippen LogP contribution in [-0.2, 0) is 14.3 Å². The predicted octanol–water partition coefficient (Wildman–Crippen LogP) is 3.57. The van der Waals surface area contributed by atoms with Gasteiger partial charge in [0.05, 0.1) is 11.3 Å². The molecule has 9 nitrogen and oxygen atoms in total. The van der Waals surface area contributed by atoms with Crippen molar-refractivity contribution in [1.82, 2.24) is 4.90 Å². The first-order chi connectivity index (χ1) is 17.1. The van der Waals surface area contributed by atoms with E-state index < -0.39 is 36.2 Å². The summed E-state index contributed by atoms with van der Waals surface area (Å²) in [5, 5.41) is 16.7. The Morgan fingerprint density at radius 1 is 0.973 bits per heavy atom. The predicted molar refractivity (Wildman–Crippen MR) is 116 cm³/mol. The molecular formula is C22H26F6N2O7. The Hall–Kier alpha value is -3.07. The summed E-state index contributed by atoms with van der Waals surface area (Å²) in [5.74, 6) is -6.01. The topological polar surface area (TPSA) is 117 Å². The molecule has 1 amide bonds. The number of likely N-dealkylation sites (tertiary alicyclic amines) is 1. The number of piperidine rings is 1. The van der Waals surface area contributed by atoms with Crippen LogP contribution in [0.3, 0.4) is 0 Å². The van der Waals surface area contributed by atoms with Crippen LogP contribution in [0.5, 0.6) is 5.75 Å². The standard InChI is InChI=1S/C20H25F3N2O5.C2HF3O2/c1-24-8-4-14(5-9-24)30-15-2-3-16(18(26)27)17(12-15)25(19(28)20(21,22)23)13-6-10-29-11-7-13;3-2(4,5)1(6)7/h2-3,12-14H,4-11H2,1H3,(H,26,27);(H,6,7). The number of anilines is 1. The van der Waals surface area contributed by atoms with Gasteiger partial charge in [0.25, 0.3) is 0 Å². The van der Waals surface area contributed by atoms with E-state index in [-0.39, 0.29) is 49.2 Å². The average molecular weight is 544 g/mol. The van der Waals surface area contributed by atoms with Gasteiger partial charge in [-0.3, -0.25) is 4.79 Å². The minimum absolute atomic E-state index is 0.125. The lowest BCUT2D eigenvalue weighted by atomic mass is 10.0. The average Bonchev–Trinajstić information content (AvgIpc) is 2.80. The fourth-order valence-electron chi connectivity index (χ4n) is 3.81. The van der Waals surface area contributed by atoms with Crippen molar-refractivity contribution in [3.63, 3.8) is 0 Å². The van der Waals surface area contributed by atoms with Gasteiger partial charge in [0, 0.05) is 38.4 Å². The number of carboxylic acids is 2. The summed E-state index contributed by atoms with van der Waals surface area (Å²) >= 11 is 0. The second-order valence-corrected chi connectivity index (χ2v) is 8.42. The zero-order chi connectivity index (χ0) is 28.0. The van der Waals surface area contributed by atoms with Crippen LogP contribution in [0.2, 0.25) is 0 Å². The van der Waals surface area contributed by atoms with Gasteiger partial charge in [-0.25, -0.2) is 9.59 Å². The lowest BCUT2D eigenvalue weighted by Crippen LogP contribution is -2.50. The molecule has 2 N–H and O–H groups in total. The maximum Gasteiger partial charge on any atom is 0.490 e. The molecule has 37 heavy (non-hydrogen) atoms. The molecule has 0 aromatic heterocycles. The summed E-state index contributed by atoms with van der Waals surface area (Å²) in [6.07, 6.45) is -8.49. The smallest absolute Gasteiger partial charge is 0.490 e. The van der Waals surface area contributed by atoms with E-state index in [2.05, 4.69) is 4.90 Å². The van der Waals surface area contributed by atoms with E-state index in [4.69, 9.17) is 19.4 Å². The number of hydrogen-bond donors (Lipinski definition) is 2. The van der Waals surface area contributed by atoms with Crippen LogP contribution in [0.4, 0.5) is 32.0 Å². The molecule has 0 aliphatic carbocycles. The van der Waals surface area contributed by atoms with E-state index >= 15 is 0 Å². The van der Waals surface area contributed by atoms with Crippen LogP contribution >= 0.6 is 0 Å². The van der Waals surface area contributed by atoms with Crippen molar-refractivity contribution in [3.8, 4) is 5.75 Å². The highest BCUT2D eigenvalue weighted by molar-refractivity contribution is 6.04. The first-order valence-corrected chi connectivity index (χ1v) is 11.1. The van der Waals surface area contributed by atoms with Crippen LogP contribution in [0.15, 0.2) is 18.2 Å². The van der Waals surface area contributed by atoms with Crippen molar-refractivity contribution in [2.45, 2.75) is 50.2 Å². The lowest BCUT2D eigenvalue weighted by molar-refractivity contribution is -0.192. The van der Waals surface area contributed by atoms with E-state index in [0.717, 1.165) is 25.9 Å². The minimum Gasteiger partial charge on any atom is -0.490 e. The fraction of sp³-hybridized carbons (Fsp3) is 0.591. The molecule has 2 saturated heterocycles. The Kier molecular flexibility index (Phi) is 10.1. The number of halogens is 6. The molecule has 0 radical (unpaired) electrons. The summed E-state index contributed by atoms with van der Waals surface area (Å²) in [5.41, 5.74) is -0.683. The number of aromatic carboxylic acids is 1. The largest absolute Gasteiger partial charge is 0.490 e. The summed E-state index contributed by atoms with van der Waals surface area (Å²) in [4.78, 5) is 35.6. The number of ether oxygens (including phenoxy) is 2. The van der Waals surface area contributed by atoms with Crippen molar-refractivity contribution in [3.05, 3.63) is 23.8 Å². The monoisotopic (exact) mass is 544 g/mol. The summed E-state index contributed by atoms with van der Waals surface area (Å²) in [6, 6.07) is 3.04. The van der Waals surface area contributed by atoms with Crippen LogP contribution in [0, 0.1) is 0 Å². The molecule has 0 unspecified atom stereocenters. The summed E-state index contributed by atoms with van der Waals surface area (Å²) < 4.78 is 83.0. The third-order valence-electron chi connectivity index (χ3n) is 5.69. The van der Waals surface area contributed by atoms with E-state index in [1.807, 2.05) is 7.05 Å². The Morgan fingerprint density at radius 2 is 1.51 bits per heavy atom. The van der Waals surface area contributed by atoms with Gasteiger partial charge in [0.15, 0.2) is 0 Å². The number of carboxylic acid groups (broad SMARTS) is 2. The second kappa shape index (κ2) is 12.4. The highest BCUT2D eigenvalue weighted by Crippen LogP contribution is 2.34. The third kappa shape index (κ3) is 8.77. The number of hydrogen-bond acceptors (Lipinski definition) is 6. The molecule has 0 bridgehead atoms. The number of benzene rings is 1. The molecule has 0 spiro atoms. The number of nitrogens with zero attached hydrogens (tertiary/aromatic N) is 2. The second-order valence-electron chi connectivity index (χ2n) is 8.42. The molecule has 208 valence electrons. The van der Waals surface area contributed by atoms with Gasteiger partial charge < -0.3 is 29.5 Å². The number of aliphatic carboxylic acids is 1. The van der Waals surface area contributed by atoms with Gasteiger partial charge in [0.1, 0.15) is 11.9 Å². The van der Waals surface area contributed by atoms with Gasteiger partial charge in [-0.2, -0.15) is 26.3 Å². The van der Waals surface area contributed by atoms with Gasteiger partial charge in [-0.05, 0) is 44.9 Å². The molecule has 2 aliphatic rings. The highest BCUT2D eigenvalue weighted by Gasteiger charge is 2.46. The Labute approximate surface area is 207 Å². The van der Waals surface area contributed by atoms with Gasteiger partial charge in [-0.15, -0.1) is 0 Å². The van der Waals surface area contributed by atoms with Crippen LogP contribution in [-0.4, -0.2) is 90.8 Å². The van der Waals surface area contributed by atoms with Crippen LogP contribution in [0.25, 0.3) is 0 Å². The van der Waals surface area contributed by atoms with Crippen molar-refractivity contribution in [2.75, 3.05) is 38.3 Å². The summed E-state index contributed by atoms with van der Waals surface area (Å²) in [6.45, 7) is 2.04. The lowest BCUT2D eigenvalue weighted by Gasteiger charge is -2.35. The SMILES string of the molecule is CN1CCC(Oc2ccc(C(=O)O)c(N(C(=O)C(F)(F)F)C3CCOCC3)c2)CC1.O=C(O)C(F)(F)F. The zero-order valence-electron chi connectivity index (χ0n) is 19.6. The van der Waals surface area contributed by atoms with Crippen molar-refractivity contribution >= 4 is 23.5 Å².